The molecule has 10 nitrogen and oxygen atoms in total. The Kier molecular flexibility index (Phi) is 7.80. The Hall–Kier alpha value is -3.43. The minimum Gasteiger partial charge on any atom is -0.369 e. The second-order valence-corrected chi connectivity index (χ2v) is 9.10. The monoisotopic (exact) mass is 549 g/mol. The molecule has 4 rings (SSSR count). The molecule has 208 valence electrons. The van der Waals surface area contributed by atoms with E-state index in [1.165, 1.54) is 9.80 Å². The summed E-state index contributed by atoms with van der Waals surface area (Å²) in [5.74, 6) is -0.128. The summed E-state index contributed by atoms with van der Waals surface area (Å²) >= 11 is 0. The number of hydrogen-bond donors (Lipinski definition) is 1. The molecule has 2 saturated heterocycles. The van der Waals surface area contributed by atoms with Gasteiger partial charge in [0.1, 0.15) is 12.2 Å². The predicted molar refractivity (Wildman–Crippen MR) is 121 cm³/mol. The average Bonchev–Trinajstić information content (AvgIpc) is 2.84. The van der Waals surface area contributed by atoms with E-state index in [2.05, 4.69) is 15.1 Å². The molecule has 2 aliphatic rings. The molecule has 0 bridgehead atoms. The van der Waals surface area contributed by atoms with Crippen molar-refractivity contribution in [2.75, 3.05) is 49.7 Å². The number of aromatic amines is 1. The molecule has 1 atom stereocenters. The van der Waals surface area contributed by atoms with Crippen LogP contribution in [0.2, 0.25) is 0 Å². The van der Waals surface area contributed by atoms with E-state index in [0.29, 0.717) is 32.4 Å². The predicted octanol–water partition coefficient (Wildman–Crippen LogP) is 2.32. The number of carbonyl (C=O) groups excluding carboxylic acids is 1. The molecule has 2 aromatic heterocycles. The highest BCUT2D eigenvalue weighted by molar-refractivity contribution is 5.77. The topological polar surface area (TPSA) is 108 Å². The maximum Gasteiger partial charge on any atom is 0.423 e. The van der Waals surface area contributed by atoms with Crippen molar-refractivity contribution >= 4 is 17.5 Å². The van der Waals surface area contributed by atoms with Crippen LogP contribution in [0.5, 0.6) is 0 Å². The fraction of sp³-hybridized carbons (Fsp3) is 0.591. The Morgan fingerprint density at radius 1 is 1.05 bits per heavy atom. The highest BCUT2D eigenvalue weighted by Crippen LogP contribution is 2.37. The molecule has 38 heavy (non-hydrogen) atoms. The fourth-order valence-electron chi connectivity index (χ4n) is 4.48. The van der Waals surface area contributed by atoms with Crippen LogP contribution >= 0.6 is 0 Å². The number of amides is 1. The highest BCUT2D eigenvalue weighted by atomic mass is 19.4. The average molecular weight is 549 g/mol. The SMILES string of the molecule is CN(C(=O)COC[C@@H]1CCN1c1cn[nH]c(=O)c1C(F)(F)F)C1CCN(c2ncc(C(F)(F)F)cn2)CC1. The molecule has 2 fully saturated rings. The van der Waals surface area contributed by atoms with Crippen molar-refractivity contribution < 1.29 is 35.9 Å². The summed E-state index contributed by atoms with van der Waals surface area (Å²) in [5, 5.41) is 5.28. The third-order valence-corrected chi connectivity index (χ3v) is 6.76. The second kappa shape index (κ2) is 10.7. The number of aromatic nitrogens is 4. The normalized spacial score (nSPS) is 18.9. The number of likely N-dealkylation sites (N-methyl/N-ethyl adjacent to an activating group) is 1. The number of carbonyl (C=O) groups is 1. The summed E-state index contributed by atoms with van der Waals surface area (Å²) in [6.07, 6.45) is -5.33. The largest absolute Gasteiger partial charge is 0.423 e. The van der Waals surface area contributed by atoms with Gasteiger partial charge in [-0.05, 0) is 19.3 Å². The maximum absolute atomic E-state index is 13.4. The van der Waals surface area contributed by atoms with Crippen LogP contribution in [-0.4, -0.2) is 83.0 Å². The van der Waals surface area contributed by atoms with E-state index in [0.717, 1.165) is 18.6 Å². The van der Waals surface area contributed by atoms with E-state index in [1.807, 2.05) is 0 Å². The lowest BCUT2D eigenvalue weighted by Gasteiger charge is -2.43. The van der Waals surface area contributed by atoms with Crippen LogP contribution in [0.1, 0.15) is 30.4 Å². The maximum atomic E-state index is 13.4. The molecular formula is C22H25F6N7O3. The third-order valence-electron chi connectivity index (χ3n) is 6.76. The van der Waals surface area contributed by atoms with E-state index < -0.39 is 35.1 Å². The van der Waals surface area contributed by atoms with Crippen molar-refractivity contribution in [3.63, 3.8) is 0 Å². The lowest BCUT2D eigenvalue weighted by molar-refractivity contribution is -0.139. The van der Waals surface area contributed by atoms with Gasteiger partial charge in [0.2, 0.25) is 11.9 Å². The minimum atomic E-state index is -4.85. The standard InChI is InChI=1S/C22H25F6N7O3/c1-33(14-2-5-34(6-3-14)20-29-8-13(9-30-20)21(23,24)25)17(36)12-38-11-15-4-7-35(15)16-10-31-32-19(37)18(16)22(26,27)28/h8-10,14-15H,2-7,11-12H2,1H3,(H,32,37)/t15-/m0/s1. The van der Waals surface area contributed by atoms with Gasteiger partial charge < -0.3 is 19.4 Å². The van der Waals surface area contributed by atoms with Gasteiger partial charge in [0.25, 0.3) is 5.56 Å². The Morgan fingerprint density at radius 3 is 2.26 bits per heavy atom. The van der Waals surface area contributed by atoms with Gasteiger partial charge >= 0.3 is 12.4 Å². The molecular weight excluding hydrogens is 524 g/mol. The Balaban J connectivity index is 1.24. The Morgan fingerprint density at radius 2 is 1.71 bits per heavy atom. The van der Waals surface area contributed by atoms with Crippen LogP contribution in [0, 0.1) is 0 Å². The summed E-state index contributed by atoms with van der Waals surface area (Å²) < 4.78 is 83.7. The first-order valence-corrected chi connectivity index (χ1v) is 11.8. The Labute approximate surface area is 212 Å². The second-order valence-electron chi connectivity index (χ2n) is 9.10. The molecule has 0 aromatic carbocycles. The summed E-state index contributed by atoms with van der Waals surface area (Å²) in [6, 6.07) is -0.571. The number of piperidine rings is 1. The zero-order valence-electron chi connectivity index (χ0n) is 20.2. The summed E-state index contributed by atoms with van der Waals surface area (Å²) in [5.41, 5.74) is -3.90. The molecule has 0 saturated carbocycles. The Bertz CT molecular complexity index is 1180. The van der Waals surface area contributed by atoms with Gasteiger partial charge in [0.15, 0.2) is 0 Å². The van der Waals surface area contributed by atoms with E-state index in [1.54, 1.807) is 17.0 Å². The van der Waals surface area contributed by atoms with Gasteiger partial charge in [0, 0.05) is 45.1 Å². The number of anilines is 2. The van der Waals surface area contributed by atoms with Gasteiger partial charge in [-0.3, -0.25) is 9.59 Å². The summed E-state index contributed by atoms with van der Waals surface area (Å²) in [6.45, 7) is 0.891. The van der Waals surface area contributed by atoms with E-state index >= 15 is 0 Å². The summed E-state index contributed by atoms with van der Waals surface area (Å²) in [4.78, 5) is 36.6. The number of H-pyrrole nitrogens is 1. The van der Waals surface area contributed by atoms with Crippen molar-refractivity contribution in [2.24, 2.45) is 0 Å². The molecule has 2 aliphatic heterocycles. The molecule has 1 amide bonds. The van der Waals surface area contributed by atoms with Gasteiger partial charge in [0.05, 0.1) is 30.1 Å². The van der Waals surface area contributed by atoms with Crippen molar-refractivity contribution in [2.45, 2.75) is 43.7 Å². The number of nitrogens with zero attached hydrogens (tertiary/aromatic N) is 6. The zero-order chi connectivity index (χ0) is 27.7. The van der Waals surface area contributed by atoms with Gasteiger partial charge in [-0.25, -0.2) is 15.1 Å². The van der Waals surface area contributed by atoms with Crippen LogP contribution in [0.3, 0.4) is 0 Å². The number of alkyl halides is 6. The van der Waals surface area contributed by atoms with Crippen molar-refractivity contribution in [3.05, 3.63) is 40.1 Å². The van der Waals surface area contributed by atoms with E-state index in [9.17, 15) is 35.9 Å². The van der Waals surface area contributed by atoms with E-state index in [4.69, 9.17) is 4.74 Å². The molecule has 0 aliphatic carbocycles. The van der Waals surface area contributed by atoms with Crippen LogP contribution in [0.15, 0.2) is 23.4 Å². The zero-order valence-corrected chi connectivity index (χ0v) is 20.2. The lowest BCUT2D eigenvalue weighted by Crippen LogP contribution is -2.52. The fourth-order valence-corrected chi connectivity index (χ4v) is 4.48. The highest BCUT2D eigenvalue weighted by Gasteiger charge is 2.42. The lowest BCUT2D eigenvalue weighted by atomic mass is 10.0. The number of rotatable bonds is 7. The van der Waals surface area contributed by atoms with Crippen molar-refractivity contribution in [3.8, 4) is 0 Å². The quantitative estimate of drug-likeness (QED) is 0.525. The van der Waals surface area contributed by atoms with Crippen LogP contribution < -0.4 is 15.4 Å². The van der Waals surface area contributed by atoms with Crippen molar-refractivity contribution in [1.82, 2.24) is 25.1 Å². The molecule has 0 spiro atoms. The third kappa shape index (κ3) is 6.00. The first-order valence-electron chi connectivity index (χ1n) is 11.8. The molecule has 2 aromatic rings. The number of halogens is 6. The van der Waals surface area contributed by atoms with Crippen LogP contribution in [-0.2, 0) is 21.9 Å². The first kappa shape index (κ1) is 27.6. The number of hydrogen-bond acceptors (Lipinski definition) is 8. The minimum absolute atomic E-state index is 0.00657. The van der Waals surface area contributed by atoms with Gasteiger partial charge in [-0.1, -0.05) is 0 Å². The molecule has 0 unspecified atom stereocenters. The van der Waals surface area contributed by atoms with Gasteiger partial charge in [-0.2, -0.15) is 31.4 Å². The van der Waals surface area contributed by atoms with Crippen LogP contribution in [0.25, 0.3) is 0 Å². The van der Waals surface area contributed by atoms with Gasteiger partial charge in [-0.15, -0.1) is 0 Å². The smallest absolute Gasteiger partial charge is 0.369 e. The van der Waals surface area contributed by atoms with Crippen LogP contribution in [0.4, 0.5) is 38.0 Å². The first-order chi connectivity index (χ1) is 17.9. The van der Waals surface area contributed by atoms with Crippen molar-refractivity contribution in [1.29, 1.82) is 0 Å². The molecule has 4 heterocycles. The number of nitrogens with one attached hydrogen (secondary N) is 1. The molecule has 1 N–H and O–H groups in total. The van der Waals surface area contributed by atoms with E-state index in [-0.39, 0.29) is 43.3 Å². The summed E-state index contributed by atoms with van der Waals surface area (Å²) in [7, 11) is 1.62. The number of ether oxygens (including phenoxy) is 1. The molecule has 0 radical (unpaired) electrons. The molecule has 16 heteroatoms.